The lowest BCUT2D eigenvalue weighted by atomic mass is 10.1. The quantitative estimate of drug-likeness (QED) is 0.504. The van der Waals surface area contributed by atoms with Crippen molar-refractivity contribution in [2.24, 2.45) is 0 Å². The maximum Gasteiger partial charge on any atom is 0.253 e. The third kappa shape index (κ3) is 3.59. The summed E-state index contributed by atoms with van der Waals surface area (Å²) in [5.74, 6) is -0.153. The van der Waals surface area contributed by atoms with E-state index >= 15 is 0 Å². The molecular weight excluding hydrogens is 362 g/mol. The topological polar surface area (TPSA) is 77.8 Å². The monoisotopic (exact) mass is 379 g/mol. The molecule has 2 aromatic heterocycles. The predicted octanol–water partition coefficient (Wildman–Crippen LogP) is 3.83. The number of fused-ring (bicyclic) bond motifs is 2. The number of halogens is 1. The molecule has 0 atom stereocenters. The molecule has 0 unspecified atom stereocenters. The molecule has 0 fully saturated rings. The fourth-order valence-electron chi connectivity index (χ4n) is 3.23. The van der Waals surface area contributed by atoms with Crippen molar-refractivity contribution in [3.8, 4) is 0 Å². The van der Waals surface area contributed by atoms with Gasteiger partial charge in [-0.15, -0.1) is 0 Å². The summed E-state index contributed by atoms with van der Waals surface area (Å²) in [6, 6.07) is 13.2. The largest absolute Gasteiger partial charge is 0.361 e. The number of aromatic amines is 2. The Morgan fingerprint density at radius 3 is 2.74 bits per heavy atom. The zero-order valence-corrected chi connectivity index (χ0v) is 15.5. The van der Waals surface area contributed by atoms with Crippen molar-refractivity contribution in [2.75, 3.05) is 0 Å². The van der Waals surface area contributed by atoms with Crippen LogP contribution in [0.15, 0.2) is 53.5 Å². The van der Waals surface area contributed by atoms with E-state index in [0.717, 1.165) is 32.9 Å². The molecule has 27 heavy (non-hydrogen) atoms. The van der Waals surface area contributed by atoms with Gasteiger partial charge in [0.1, 0.15) is 0 Å². The summed E-state index contributed by atoms with van der Waals surface area (Å²) < 4.78 is 0. The first kappa shape index (κ1) is 17.4. The van der Waals surface area contributed by atoms with Gasteiger partial charge in [0.05, 0.1) is 6.42 Å². The lowest BCUT2D eigenvalue weighted by molar-refractivity contribution is -0.120. The van der Waals surface area contributed by atoms with Crippen LogP contribution in [0.2, 0.25) is 5.02 Å². The van der Waals surface area contributed by atoms with E-state index in [1.807, 2.05) is 49.5 Å². The Hall–Kier alpha value is -3.05. The molecule has 5 nitrogen and oxygen atoms in total. The second kappa shape index (κ2) is 6.93. The van der Waals surface area contributed by atoms with Gasteiger partial charge in [0.15, 0.2) is 0 Å². The highest BCUT2D eigenvalue weighted by molar-refractivity contribution is 6.31. The number of hydrogen-bond donors (Lipinski definition) is 3. The van der Waals surface area contributed by atoms with Gasteiger partial charge in [-0.3, -0.25) is 9.59 Å². The zero-order chi connectivity index (χ0) is 19.0. The molecule has 0 spiro atoms. The highest BCUT2D eigenvalue weighted by Gasteiger charge is 2.10. The van der Waals surface area contributed by atoms with Crippen molar-refractivity contribution < 1.29 is 4.79 Å². The van der Waals surface area contributed by atoms with Gasteiger partial charge in [-0.25, -0.2) is 0 Å². The van der Waals surface area contributed by atoms with Crippen LogP contribution in [0.1, 0.15) is 16.7 Å². The van der Waals surface area contributed by atoms with Crippen LogP contribution >= 0.6 is 11.6 Å². The molecule has 0 aliphatic heterocycles. The van der Waals surface area contributed by atoms with Crippen molar-refractivity contribution in [1.82, 2.24) is 15.3 Å². The Morgan fingerprint density at radius 2 is 1.89 bits per heavy atom. The molecule has 0 aliphatic rings. The Labute approximate surface area is 160 Å². The second-order valence-electron chi connectivity index (χ2n) is 6.67. The normalized spacial score (nSPS) is 11.2. The lowest BCUT2D eigenvalue weighted by Crippen LogP contribution is -2.27. The van der Waals surface area contributed by atoms with Gasteiger partial charge in [0, 0.05) is 39.7 Å². The van der Waals surface area contributed by atoms with E-state index in [1.54, 1.807) is 6.07 Å². The van der Waals surface area contributed by atoms with Crippen LogP contribution in [0.5, 0.6) is 0 Å². The van der Waals surface area contributed by atoms with E-state index in [-0.39, 0.29) is 24.4 Å². The highest BCUT2D eigenvalue weighted by atomic mass is 35.5. The smallest absolute Gasteiger partial charge is 0.253 e. The van der Waals surface area contributed by atoms with E-state index < -0.39 is 0 Å². The van der Waals surface area contributed by atoms with Gasteiger partial charge in [-0.05, 0) is 54.3 Å². The SMILES string of the molecule is Cc1ccc2[nH]c(=O)c(CNC(=O)Cc3c[nH]c4ccc(Cl)cc34)cc2c1. The zero-order valence-electron chi connectivity index (χ0n) is 14.7. The lowest BCUT2D eigenvalue weighted by Gasteiger charge is -2.07. The molecule has 0 saturated heterocycles. The first-order chi connectivity index (χ1) is 13.0. The van der Waals surface area contributed by atoms with Gasteiger partial charge in [0.2, 0.25) is 5.91 Å². The average molecular weight is 380 g/mol. The fourth-order valence-corrected chi connectivity index (χ4v) is 3.40. The average Bonchev–Trinajstić information content (AvgIpc) is 3.02. The van der Waals surface area contributed by atoms with E-state index in [0.29, 0.717) is 10.6 Å². The number of carbonyl (C=O) groups is 1. The molecule has 3 N–H and O–H groups in total. The first-order valence-corrected chi connectivity index (χ1v) is 9.02. The molecular formula is C21H18ClN3O2. The third-order valence-corrected chi connectivity index (χ3v) is 4.87. The minimum Gasteiger partial charge on any atom is -0.361 e. The minimum atomic E-state index is -0.189. The van der Waals surface area contributed by atoms with Crippen molar-refractivity contribution in [1.29, 1.82) is 0 Å². The summed E-state index contributed by atoms with van der Waals surface area (Å²) in [6.07, 6.45) is 2.02. The summed E-state index contributed by atoms with van der Waals surface area (Å²) in [5.41, 5.74) is 4.05. The van der Waals surface area contributed by atoms with Gasteiger partial charge in [0.25, 0.3) is 5.56 Å². The van der Waals surface area contributed by atoms with Crippen LogP contribution in [-0.2, 0) is 17.8 Å². The molecule has 6 heteroatoms. The summed E-state index contributed by atoms with van der Waals surface area (Å²) >= 11 is 6.05. The highest BCUT2D eigenvalue weighted by Crippen LogP contribution is 2.22. The second-order valence-corrected chi connectivity index (χ2v) is 7.11. The number of aryl methyl sites for hydroxylation is 1. The number of aromatic nitrogens is 2. The van der Waals surface area contributed by atoms with E-state index in [1.165, 1.54) is 0 Å². The summed E-state index contributed by atoms with van der Waals surface area (Å²) in [4.78, 5) is 30.6. The van der Waals surface area contributed by atoms with Crippen LogP contribution < -0.4 is 10.9 Å². The number of pyridine rings is 1. The first-order valence-electron chi connectivity index (χ1n) is 8.64. The predicted molar refractivity (Wildman–Crippen MR) is 108 cm³/mol. The molecule has 4 rings (SSSR count). The minimum absolute atomic E-state index is 0.153. The van der Waals surface area contributed by atoms with Crippen LogP contribution in [0.3, 0.4) is 0 Å². The molecule has 2 heterocycles. The van der Waals surface area contributed by atoms with E-state index in [2.05, 4.69) is 15.3 Å². The maximum atomic E-state index is 12.4. The van der Waals surface area contributed by atoms with Crippen molar-refractivity contribution in [3.05, 3.63) is 80.7 Å². The fraction of sp³-hybridized carbons (Fsp3) is 0.143. The number of H-pyrrole nitrogens is 2. The number of hydrogen-bond acceptors (Lipinski definition) is 2. The Balaban J connectivity index is 1.50. The summed E-state index contributed by atoms with van der Waals surface area (Å²) in [7, 11) is 0. The summed E-state index contributed by atoms with van der Waals surface area (Å²) in [5, 5.41) is 5.33. The van der Waals surface area contributed by atoms with Crippen LogP contribution in [0, 0.1) is 6.92 Å². The van der Waals surface area contributed by atoms with Crippen LogP contribution in [-0.4, -0.2) is 15.9 Å². The van der Waals surface area contributed by atoms with Crippen molar-refractivity contribution in [2.45, 2.75) is 19.9 Å². The number of amides is 1. The maximum absolute atomic E-state index is 12.4. The number of benzene rings is 2. The number of rotatable bonds is 4. The van der Waals surface area contributed by atoms with Crippen molar-refractivity contribution >= 4 is 39.3 Å². The molecule has 0 radical (unpaired) electrons. The number of carbonyl (C=O) groups excluding carboxylic acids is 1. The Morgan fingerprint density at radius 1 is 1.07 bits per heavy atom. The van der Waals surface area contributed by atoms with Gasteiger partial charge in [-0.2, -0.15) is 0 Å². The molecule has 0 bridgehead atoms. The number of nitrogens with one attached hydrogen (secondary N) is 3. The summed E-state index contributed by atoms with van der Waals surface area (Å²) in [6.45, 7) is 2.18. The van der Waals surface area contributed by atoms with Crippen LogP contribution in [0.4, 0.5) is 0 Å². The third-order valence-electron chi connectivity index (χ3n) is 4.63. The standard InChI is InChI=1S/C21H18ClN3O2/c1-12-2-4-18-13(6-12)7-15(21(27)25-18)11-24-20(26)8-14-10-23-19-5-3-16(22)9-17(14)19/h2-7,9-10,23H,8,11H2,1H3,(H,24,26)(H,25,27). The molecule has 1 amide bonds. The molecule has 0 aliphatic carbocycles. The molecule has 4 aromatic rings. The molecule has 0 saturated carbocycles. The van der Waals surface area contributed by atoms with Gasteiger partial charge >= 0.3 is 0 Å². The molecule has 136 valence electrons. The van der Waals surface area contributed by atoms with Crippen molar-refractivity contribution in [3.63, 3.8) is 0 Å². The van der Waals surface area contributed by atoms with E-state index in [9.17, 15) is 9.59 Å². The van der Waals surface area contributed by atoms with Gasteiger partial charge < -0.3 is 15.3 Å². The Kier molecular flexibility index (Phi) is 4.46. The van der Waals surface area contributed by atoms with Crippen LogP contribution in [0.25, 0.3) is 21.8 Å². The molecule has 2 aromatic carbocycles. The Bertz CT molecular complexity index is 1220. The van der Waals surface area contributed by atoms with Gasteiger partial charge in [-0.1, -0.05) is 23.2 Å². The van der Waals surface area contributed by atoms with E-state index in [4.69, 9.17) is 11.6 Å².